The number of carbonyl (C=O) groups excluding carboxylic acids is 1. The fourth-order valence-electron chi connectivity index (χ4n) is 3.42. The number of unbranched alkanes of at least 4 members (excludes halogenated alkanes) is 6. The van der Waals surface area contributed by atoms with Gasteiger partial charge in [-0.2, -0.15) is 4.72 Å². The number of ether oxygens (including phenoxy) is 3. The van der Waals surface area contributed by atoms with Crippen molar-refractivity contribution in [3.05, 3.63) is 29.8 Å². The lowest BCUT2D eigenvalue weighted by Gasteiger charge is -2.34. The van der Waals surface area contributed by atoms with Gasteiger partial charge in [0.2, 0.25) is 10.0 Å². The second-order valence-corrected chi connectivity index (χ2v) is 10.6. The predicted molar refractivity (Wildman–Crippen MR) is 136 cm³/mol. The number of benzene rings is 1. The molecular formula is C26H45NO6S. The lowest BCUT2D eigenvalue weighted by Crippen LogP contribution is -2.58. The molecule has 0 radical (unpaired) electrons. The van der Waals surface area contributed by atoms with Crippen LogP contribution in [0.5, 0.6) is 0 Å². The average molecular weight is 500 g/mol. The van der Waals surface area contributed by atoms with Gasteiger partial charge in [-0.3, -0.25) is 0 Å². The summed E-state index contributed by atoms with van der Waals surface area (Å²) in [5.74, 6) is 0. The minimum absolute atomic E-state index is 0.126. The first-order valence-electron chi connectivity index (χ1n) is 12.7. The van der Waals surface area contributed by atoms with Crippen LogP contribution in [0.2, 0.25) is 0 Å². The molecule has 0 aromatic heterocycles. The fourth-order valence-corrected chi connectivity index (χ4v) is 4.78. The van der Waals surface area contributed by atoms with Crippen LogP contribution in [-0.2, 0) is 29.0 Å². The molecule has 34 heavy (non-hydrogen) atoms. The van der Waals surface area contributed by atoms with Crippen LogP contribution < -0.4 is 4.72 Å². The Hall–Kier alpha value is -1.32. The number of rotatable bonds is 22. The van der Waals surface area contributed by atoms with Gasteiger partial charge in [0.25, 0.3) is 0 Å². The molecule has 0 atom stereocenters. The smallest absolute Gasteiger partial charge is 0.241 e. The lowest BCUT2D eigenvalue weighted by atomic mass is 10.1. The van der Waals surface area contributed by atoms with Crippen LogP contribution in [0.3, 0.4) is 0 Å². The van der Waals surface area contributed by atoms with Crippen LogP contribution >= 0.6 is 0 Å². The first kappa shape index (κ1) is 30.7. The summed E-state index contributed by atoms with van der Waals surface area (Å²) in [5.41, 5.74) is -0.0605. The van der Waals surface area contributed by atoms with Gasteiger partial charge >= 0.3 is 0 Å². The first-order valence-corrected chi connectivity index (χ1v) is 14.1. The van der Waals surface area contributed by atoms with Gasteiger partial charge in [0.15, 0.2) is 0 Å². The van der Waals surface area contributed by atoms with Crippen molar-refractivity contribution < 1.29 is 27.4 Å². The molecule has 0 amide bonds. The largest absolute Gasteiger partial charge is 0.379 e. The molecule has 1 aromatic carbocycles. The van der Waals surface area contributed by atoms with E-state index in [-0.39, 0.29) is 24.7 Å². The van der Waals surface area contributed by atoms with E-state index in [2.05, 4.69) is 18.6 Å². The molecule has 0 saturated heterocycles. The van der Waals surface area contributed by atoms with Crippen molar-refractivity contribution in [3.63, 3.8) is 0 Å². The summed E-state index contributed by atoms with van der Waals surface area (Å²) in [4.78, 5) is 10.7. The number of aryl methyl sites for hydroxylation is 1. The van der Waals surface area contributed by atoms with Crippen LogP contribution in [0, 0.1) is 6.92 Å². The van der Waals surface area contributed by atoms with Crippen LogP contribution in [0.4, 0.5) is 0 Å². The Kier molecular flexibility index (Phi) is 16.3. The van der Waals surface area contributed by atoms with Gasteiger partial charge in [-0.05, 0) is 44.7 Å². The molecule has 8 heteroatoms. The molecule has 1 aromatic rings. The van der Waals surface area contributed by atoms with Crippen LogP contribution in [-0.4, -0.2) is 59.9 Å². The maximum atomic E-state index is 13.3. The number of aldehydes is 1. The van der Waals surface area contributed by atoms with Crippen molar-refractivity contribution in [1.29, 1.82) is 0 Å². The molecule has 0 aliphatic rings. The second kappa shape index (κ2) is 18.0. The predicted octanol–water partition coefficient (Wildman–Crippen LogP) is 4.81. The second-order valence-electron chi connectivity index (χ2n) is 8.93. The number of sulfonamides is 1. The zero-order valence-corrected chi connectivity index (χ0v) is 22.2. The van der Waals surface area contributed by atoms with Gasteiger partial charge in [0, 0.05) is 26.2 Å². The van der Waals surface area contributed by atoms with E-state index in [1.165, 1.54) is 0 Å². The van der Waals surface area contributed by atoms with Gasteiger partial charge in [0.05, 0.1) is 24.7 Å². The van der Waals surface area contributed by atoms with Crippen molar-refractivity contribution in [2.75, 3.05) is 39.6 Å². The molecule has 0 unspecified atom stereocenters. The van der Waals surface area contributed by atoms with Crippen molar-refractivity contribution in [2.45, 2.75) is 89.0 Å². The fraction of sp³-hybridized carbons (Fsp3) is 0.731. The SMILES string of the molecule is CCCCCOCC(COCCCCC)(COCCCCC=O)NS(=O)(=O)c1ccc(C)cc1. The van der Waals surface area contributed by atoms with Crippen molar-refractivity contribution in [2.24, 2.45) is 0 Å². The highest BCUT2D eigenvalue weighted by Crippen LogP contribution is 2.18. The normalized spacial score (nSPS) is 12.2. The average Bonchev–Trinajstić information content (AvgIpc) is 2.81. The van der Waals surface area contributed by atoms with E-state index >= 15 is 0 Å². The van der Waals surface area contributed by atoms with Crippen LogP contribution in [0.25, 0.3) is 0 Å². The Balaban J connectivity index is 2.99. The van der Waals surface area contributed by atoms with Gasteiger partial charge in [0.1, 0.15) is 11.8 Å². The summed E-state index contributed by atoms with van der Waals surface area (Å²) < 4.78 is 47.2. The van der Waals surface area contributed by atoms with Crippen molar-refractivity contribution in [1.82, 2.24) is 4.72 Å². The third-order valence-corrected chi connectivity index (χ3v) is 7.06. The Bertz CT molecular complexity index is 737. The Morgan fingerprint density at radius 2 is 1.26 bits per heavy atom. The number of hydrogen-bond donors (Lipinski definition) is 1. The standard InChI is InChI=1S/C26H45NO6S/c1-4-6-10-18-31-21-26(22-32-19-11-7-5-2,23-33-20-12-8-9-17-28)27-34(29,30)25-15-13-24(3)14-16-25/h13-17,27H,4-12,18-23H2,1-3H3. The molecule has 196 valence electrons. The number of hydrogen-bond acceptors (Lipinski definition) is 6. The van der Waals surface area contributed by atoms with E-state index in [1.807, 2.05) is 6.92 Å². The number of carbonyl (C=O) groups is 1. The van der Waals surface area contributed by atoms with Crippen molar-refractivity contribution in [3.8, 4) is 0 Å². The monoisotopic (exact) mass is 499 g/mol. The highest BCUT2D eigenvalue weighted by atomic mass is 32.2. The lowest BCUT2D eigenvalue weighted by molar-refractivity contribution is -0.108. The highest BCUT2D eigenvalue weighted by molar-refractivity contribution is 7.89. The summed E-state index contributed by atoms with van der Waals surface area (Å²) in [7, 11) is -3.82. The molecule has 0 aliphatic heterocycles. The molecular weight excluding hydrogens is 454 g/mol. The molecule has 1 rings (SSSR count). The molecule has 0 bridgehead atoms. The van der Waals surface area contributed by atoms with Crippen LogP contribution in [0.1, 0.15) is 77.2 Å². The molecule has 0 aliphatic carbocycles. The van der Waals surface area contributed by atoms with E-state index in [0.29, 0.717) is 26.2 Å². The molecule has 0 spiro atoms. The van der Waals surface area contributed by atoms with Gasteiger partial charge in [-0.15, -0.1) is 0 Å². The molecule has 7 nitrogen and oxygen atoms in total. The third-order valence-electron chi connectivity index (χ3n) is 5.46. The summed E-state index contributed by atoms with van der Waals surface area (Å²) >= 11 is 0. The molecule has 1 N–H and O–H groups in total. The van der Waals surface area contributed by atoms with Gasteiger partial charge in [-0.25, -0.2) is 8.42 Å². The molecule has 0 fully saturated rings. The van der Waals surface area contributed by atoms with E-state index in [9.17, 15) is 13.2 Å². The maximum absolute atomic E-state index is 13.3. The Labute approximate surface area is 207 Å². The van der Waals surface area contributed by atoms with Crippen LogP contribution in [0.15, 0.2) is 29.2 Å². The topological polar surface area (TPSA) is 90.9 Å². The zero-order chi connectivity index (χ0) is 25.1. The van der Waals surface area contributed by atoms with Gasteiger partial charge in [-0.1, -0.05) is 57.2 Å². The Morgan fingerprint density at radius 3 is 1.71 bits per heavy atom. The van der Waals surface area contributed by atoms with E-state index in [1.54, 1.807) is 24.3 Å². The minimum atomic E-state index is -3.82. The third kappa shape index (κ3) is 13.0. The van der Waals surface area contributed by atoms with Crippen molar-refractivity contribution >= 4 is 16.3 Å². The quantitative estimate of drug-likeness (QED) is 0.182. The molecule has 0 heterocycles. The van der Waals surface area contributed by atoms with E-state index < -0.39 is 15.6 Å². The van der Waals surface area contributed by atoms with E-state index in [0.717, 1.165) is 63.2 Å². The summed E-state index contributed by atoms with van der Waals surface area (Å²) in [6, 6.07) is 6.77. The maximum Gasteiger partial charge on any atom is 0.241 e. The Morgan fingerprint density at radius 1 is 0.794 bits per heavy atom. The minimum Gasteiger partial charge on any atom is -0.379 e. The number of nitrogens with one attached hydrogen (secondary N) is 1. The summed E-state index contributed by atoms with van der Waals surface area (Å²) in [6.07, 6.45) is 8.98. The van der Waals surface area contributed by atoms with Gasteiger partial charge < -0.3 is 19.0 Å². The summed E-state index contributed by atoms with van der Waals surface area (Å²) in [5, 5.41) is 0. The summed E-state index contributed by atoms with van der Waals surface area (Å²) in [6.45, 7) is 8.15. The molecule has 0 saturated carbocycles. The van der Waals surface area contributed by atoms with E-state index in [4.69, 9.17) is 14.2 Å². The highest BCUT2D eigenvalue weighted by Gasteiger charge is 2.37. The first-order chi connectivity index (χ1) is 16.4. The zero-order valence-electron chi connectivity index (χ0n) is 21.4.